The highest BCUT2D eigenvalue weighted by Crippen LogP contribution is 2.37. The molecule has 4 aromatic rings. The molecule has 2 fully saturated rings. The van der Waals surface area contributed by atoms with Crippen LogP contribution in [0.2, 0.25) is 0 Å². The molecule has 240 valence electrons. The predicted octanol–water partition coefficient (Wildman–Crippen LogP) is 6.72. The molecule has 0 spiro atoms. The Morgan fingerprint density at radius 1 is 0.957 bits per heavy atom. The van der Waals surface area contributed by atoms with E-state index in [9.17, 15) is 27.2 Å². The van der Waals surface area contributed by atoms with Crippen LogP contribution in [0.5, 0.6) is 5.88 Å². The molecule has 0 bridgehead atoms. The highest BCUT2D eigenvalue weighted by molar-refractivity contribution is 5.96. The number of para-hydroxylation sites is 1. The van der Waals surface area contributed by atoms with Crippen LogP contribution >= 0.6 is 0 Å². The second-order valence-corrected chi connectivity index (χ2v) is 11.3. The van der Waals surface area contributed by atoms with Gasteiger partial charge < -0.3 is 24.3 Å². The number of benzene rings is 2. The van der Waals surface area contributed by atoms with Crippen LogP contribution in [0.15, 0.2) is 77.3 Å². The number of pyridine rings is 1. The zero-order valence-corrected chi connectivity index (χ0v) is 24.7. The van der Waals surface area contributed by atoms with Gasteiger partial charge in [0, 0.05) is 44.7 Å². The highest BCUT2D eigenvalue weighted by atomic mass is 19.4. The average molecular weight is 638 g/mol. The second kappa shape index (κ2) is 13.2. The Kier molecular flexibility index (Phi) is 8.91. The van der Waals surface area contributed by atoms with Gasteiger partial charge >= 0.3 is 12.2 Å². The molecule has 0 saturated carbocycles. The number of aromatic nitrogens is 2. The second-order valence-electron chi connectivity index (χ2n) is 11.3. The van der Waals surface area contributed by atoms with Crippen LogP contribution in [-0.4, -0.2) is 59.0 Å². The number of anilines is 2. The predicted molar refractivity (Wildman–Crippen MR) is 160 cm³/mol. The number of piperidine rings is 1. The highest BCUT2D eigenvalue weighted by Gasteiger charge is 2.42. The first-order valence-electron chi connectivity index (χ1n) is 15.0. The van der Waals surface area contributed by atoms with Crippen LogP contribution in [0.1, 0.15) is 52.6 Å². The molecule has 0 radical (unpaired) electrons. The van der Waals surface area contributed by atoms with Crippen LogP contribution in [0, 0.1) is 5.82 Å². The standard InChI is InChI=1S/C33H31F4N5O4/c34-25-8-4-5-9-26(25)39-31(44)42-17-14-24(20-42)45-28-11-10-21(19-38-28)18-27(43)29-30(33(35,36)37)40-32(46-29)41-15-12-23(13-16-41)22-6-2-1-3-7-22/h1-11,19,23-24H,12-18,20H2,(H,39,44)/t24-/m1/s1. The summed E-state index contributed by atoms with van der Waals surface area (Å²) in [6, 6.07) is 18.2. The largest absolute Gasteiger partial charge is 0.472 e. The van der Waals surface area contributed by atoms with Crippen LogP contribution in [-0.2, 0) is 12.6 Å². The number of ether oxygens (including phenoxy) is 1. The number of oxazole rings is 1. The summed E-state index contributed by atoms with van der Waals surface area (Å²) in [7, 11) is 0. The molecule has 2 aromatic heterocycles. The molecule has 9 nitrogen and oxygen atoms in total. The number of likely N-dealkylation sites (tertiary alicyclic amines) is 1. The number of rotatable bonds is 8. The van der Waals surface area contributed by atoms with Crippen LogP contribution in [0.3, 0.4) is 0 Å². The van der Waals surface area contributed by atoms with Crippen molar-refractivity contribution >= 4 is 23.5 Å². The van der Waals surface area contributed by atoms with E-state index in [1.165, 1.54) is 47.0 Å². The van der Waals surface area contributed by atoms with Crippen molar-refractivity contribution in [2.45, 2.75) is 43.9 Å². The van der Waals surface area contributed by atoms with Gasteiger partial charge in [-0.15, -0.1) is 0 Å². The quantitative estimate of drug-likeness (QED) is 0.169. The lowest BCUT2D eigenvalue weighted by Gasteiger charge is -2.31. The summed E-state index contributed by atoms with van der Waals surface area (Å²) >= 11 is 0. The van der Waals surface area contributed by atoms with E-state index in [0.29, 0.717) is 31.6 Å². The topological polar surface area (TPSA) is 101 Å². The fraction of sp³-hybridized carbons (Fsp3) is 0.333. The number of alkyl halides is 3. The number of halogens is 4. The van der Waals surface area contributed by atoms with Gasteiger partial charge in [-0.25, -0.2) is 14.2 Å². The zero-order chi connectivity index (χ0) is 32.3. The Morgan fingerprint density at radius 2 is 1.70 bits per heavy atom. The van der Waals surface area contributed by atoms with Crippen molar-refractivity contribution in [3.63, 3.8) is 0 Å². The van der Waals surface area contributed by atoms with Gasteiger partial charge in [0.05, 0.1) is 12.2 Å². The summed E-state index contributed by atoms with van der Waals surface area (Å²) < 4.78 is 66.9. The molecule has 0 aliphatic carbocycles. The summed E-state index contributed by atoms with van der Waals surface area (Å²) in [6.07, 6.45) is -2.31. The number of amides is 2. The van der Waals surface area contributed by atoms with Crippen molar-refractivity contribution in [2.75, 3.05) is 36.4 Å². The Hall–Kier alpha value is -4.94. The van der Waals surface area contributed by atoms with Crippen molar-refractivity contribution in [1.82, 2.24) is 14.9 Å². The maximum atomic E-state index is 13.9. The molecule has 2 saturated heterocycles. The van der Waals surface area contributed by atoms with Gasteiger partial charge in [0.1, 0.15) is 11.9 Å². The number of hydrogen-bond donors (Lipinski definition) is 1. The maximum Gasteiger partial charge on any atom is 0.437 e. The normalized spacial score (nSPS) is 17.3. The SMILES string of the molecule is O=C(Cc1ccc(O[C@@H]2CCN(C(=O)Nc3ccccc3F)C2)nc1)c1oc(N2CCC(c3ccccc3)CC2)nc1C(F)(F)F. The van der Waals surface area contributed by atoms with Crippen molar-refractivity contribution in [3.05, 3.63) is 101 Å². The third kappa shape index (κ3) is 7.13. The molecule has 1 N–H and O–H groups in total. The first-order chi connectivity index (χ1) is 22.1. The number of ketones is 1. The lowest BCUT2D eigenvalue weighted by molar-refractivity contribution is -0.141. The molecule has 1 atom stereocenters. The Balaban J connectivity index is 1.05. The summed E-state index contributed by atoms with van der Waals surface area (Å²) in [5.74, 6) is -1.72. The Morgan fingerprint density at radius 3 is 2.39 bits per heavy atom. The summed E-state index contributed by atoms with van der Waals surface area (Å²) in [5, 5.41) is 2.54. The van der Waals surface area contributed by atoms with Gasteiger partial charge in [0.25, 0.3) is 6.01 Å². The molecule has 13 heteroatoms. The van der Waals surface area contributed by atoms with E-state index in [-0.39, 0.29) is 42.6 Å². The summed E-state index contributed by atoms with van der Waals surface area (Å²) in [6.45, 7) is 1.54. The fourth-order valence-electron chi connectivity index (χ4n) is 5.74. The van der Waals surface area contributed by atoms with E-state index in [1.807, 2.05) is 30.3 Å². The third-order valence-corrected chi connectivity index (χ3v) is 8.17. The number of carbonyl (C=O) groups excluding carboxylic acids is 2. The smallest absolute Gasteiger partial charge is 0.437 e. The summed E-state index contributed by atoms with van der Waals surface area (Å²) in [4.78, 5) is 36.6. The first kappa shape index (κ1) is 31.1. The van der Waals surface area contributed by atoms with E-state index in [1.54, 1.807) is 11.0 Å². The van der Waals surface area contributed by atoms with Crippen molar-refractivity contribution in [3.8, 4) is 5.88 Å². The number of urea groups is 1. The van der Waals surface area contributed by atoms with E-state index in [2.05, 4.69) is 15.3 Å². The van der Waals surface area contributed by atoms with Crippen molar-refractivity contribution in [2.24, 2.45) is 0 Å². The molecular formula is C33H31F4N5O4. The van der Waals surface area contributed by atoms with E-state index in [4.69, 9.17) is 9.15 Å². The molecule has 2 aromatic carbocycles. The number of Topliss-reactive ketones (excluding diaryl/α,β-unsaturated/α-hetero) is 1. The minimum atomic E-state index is -4.87. The lowest BCUT2D eigenvalue weighted by Crippen LogP contribution is -2.34. The molecule has 2 aliphatic heterocycles. The monoisotopic (exact) mass is 637 g/mol. The molecule has 4 heterocycles. The van der Waals surface area contributed by atoms with Gasteiger partial charge in [-0.2, -0.15) is 18.2 Å². The molecular weight excluding hydrogens is 606 g/mol. The Bertz CT molecular complexity index is 1670. The van der Waals surface area contributed by atoms with Crippen molar-refractivity contribution in [1.29, 1.82) is 0 Å². The fourth-order valence-corrected chi connectivity index (χ4v) is 5.74. The van der Waals surface area contributed by atoms with Crippen LogP contribution in [0.25, 0.3) is 0 Å². The summed E-state index contributed by atoms with van der Waals surface area (Å²) in [5.41, 5.74) is 0.289. The van der Waals surface area contributed by atoms with Gasteiger partial charge in [-0.05, 0) is 42.0 Å². The van der Waals surface area contributed by atoms with Gasteiger partial charge in [-0.1, -0.05) is 48.5 Å². The number of nitrogens with zero attached hydrogens (tertiary/aromatic N) is 4. The number of hydrogen-bond acceptors (Lipinski definition) is 7. The minimum absolute atomic E-state index is 0.0797. The first-order valence-corrected chi connectivity index (χ1v) is 15.0. The number of carbonyl (C=O) groups is 2. The van der Waals surface area contributed by atoms with E-state index >= 15 is 0 Å². The van der Waals surface area contributed by atoms with Crippen LogP contribution < -0.4 is 15.0 Å². The van der Waals surface area contributed by atoms with E-state index < -0.39 is 35.3 Å². The molecule has 46 heavy (non-hydrogen) atoms. The third-order valence-electron chi connectivity index (χ3n) is 8.17. The molecule has 2 amide bonds. The minimum Gasteiger partial charge on any atom is -0.472 e. The molecule has 6 rings (SSSR count). The number of nitrogens with one attached hydrogen (secondary N) is 1. The maximum absolute atomic E-state index is 13.9. The zero-order valence-electron chi connectivity index (χ0n) is 24.7. The van der Waals surface area contributed by atoms with Crippen LogP contribution in [0.4, 0.5) is 34.1 Å². The van der Waals surface area contributed by atoms with Crippen molar-refractivity contribution < 1.29 is 36.3 Å². The molecule has 0 unspecified atom stereocenters. The Labute approximate surface area is 262 Å². The van der Waals surface area contributed by atoms with Gasteiger partial charge in [0.2, 0.25) is 17.4 Å². The van der Waals surface area contributed by atoms with Gasteiger partial charge in [-0.3, -0.25) is 4.79 Å². The van der Waals surface area contributed by atoms with E-state index in [0.717, 1.165) is 12.8 Å². The van der Waals surface area contributed by atoms with Gasteiger partial charge in [0.15, 0.2) is 5.69 Å². The lowest BCUT2D eigenvalue weighted by atomic mass is 9.90. The molecule has 2 aliphatic rings. The average Bonchev–Trinajstić information content (AvgIpc) is 3.72.